The van der Waals surface area contributed by atoms with Crippen molar-refractivity contribution >= 4 is 5.57 Å². The van der Waals surface area contributed by atoms with E-state index in [2.05, 4.69) is 25.6 Å². The van der Waals surface area contributed by atoms with Gasteiger partial charge < -0.3 is 9.47 Å². The standard InChI is InChI=1S/C20H30O2/c1-4-5-11-20(21-18-9-7-6-8-10-18)22-19-14-12-17(13-15-19)16(2)3/h12-15,18,20H,2,4-11H2,1,3H3. The highest BCUT2D eigenvalue weighted by Gasteiger charge is 2.20. The summed E-state index contributed by atoms with van der Waals surface area (Å²) in [6.07, 6.45) is 9.84. The summed E-state index contributed by atoms with van der Waals surface area (Å²) >= 11 is 0. The molecule has 22 heavy (non-hydrogen) atoms. The average molecular weight is 302 g/mol. The van der Waals surface area contributed by atoms with Crippen molar-refractivity contribution in [3.8, 4) is 5.75 Å². The third-order valence-electron chi connectivity index (χ3n) is 4.30. The fraction of sp³-hybridized carbons (Fsp3) is 0.600. The highest BCUT2D eigenvalue weighted by molar-refractivity contribution is 5.61. The van der Waals surface area contributed by atoms with Crippen LogP contribution in [0.4, 0.5) is 0 Å². The Bertz CT molecular complexity index is 443. The van der Waals surface area contributed by atoms with Gasteiger partial charge in [0.25, 0.3) is 0 Å². The van der Waals surface area contributed by atoms with Gasteiger partial charge in [0.05, 0.1) is 6.10 Å². The van der Waals surface area contributed by atoms with Crippen molar-refractivity contribution in [2.75, 3.05) is 0 Å². The molecular weight excluding hydrogens is 272 g/mol. The number of rotatable bonds is 8. The van der Waals surface area contributed by atoms with Crippen molar-refractivity contribution < 1.29 is 9.47 Å². The van der Waals surface area contributed by atoms with Crippen molar-refractivity contribution in [2.45, 2.75) is 77.6 Å². The van der Waals surface area contributed by atoms with Crippen LogP contribution in [-0.4, -0.2) is 12.4 Å². The minimum atomic E-state index is -0.112. The van der Waals surface area contributed by atoms with Crippen LogP contribution < -0.4 is 4.74 Å². The van der Waals surface area contributed by atoms with Gasteiger partial charge in [-0.1, -0.05) is 56.9 Å². The Morgan fingerprint density at radius 3 is 2.45 bits per heavy atom. The maximum Gasteiger partial charge on any atom is 0.200 e. The Morgan fingerprint density at radius 2 is 1.86 bits per heavy atom. The lowest BCUT2D eigenvalue weighted by Crippen LogP contribution is -2.28. The fourth-order valence-corrected chi connectivity index (χ4v) is 2.91. The molecule has 0 heterocycles. The first-order valence-corrected chi connectivity index (χ1v) is 8.77. The van der Waals surface area contributed by atoms with E-state index >= 15 is 0 Å². The number of hydrogen-bond donors (Lipinski definition) is 0. The average Bonchev–Trinajstić information content (AvgIpc) is 2.54. The number of benzene rings is 1. The summed E-state index contributed by atoms with van der Waals surface area (Å²) in [5.41, 5.74) is 2.23. The Kier molecular flexibility index (Phi) is 6.98. The summed E-state index contributed by atoms with van der Waals surface area (Å²) < 4.78 is 12.3. The van der Waals surface area contributed by atoms with Gasteiger partial charge >= 0.3 is 0 Å². The second-order valence-corrected chi connectivity index (χ2v) is 6.39. The van der Waals surface area contributed by atoms with Crippen molar-refractivity contribution in [1.82, 2.24) is 0 Å². The van der Waals surface area contributed by atoms with Crippen LogP contribution in [0.15, 0.2) is 30.8 Å². The third kappa shape index (κ3) is 5.49. The zero-order chi connectivity index (χ0) is 15.8. The Balaban J connectivity index is 1.93. The summed E-state index contributed by atoms with van der Waals surface area (Å²) in [4.78, 5) is 0. The molecule has 1 saturated carbocycles. The number of allylic oxidation sites excluding steroid dienone is 1. The summed E-state index contributed by atoms with van der Waals surface area (Å²) in [5, 5.41) is 0. The number of unbranched alkanes of at least 4 members (excludes halogenated alkanes) is 1. The van der Waals surface area contributed by atoms with E-state index < -0.39 is 0 Å². The van der Waals surface area contributed by atoms with E-state index in [4.69, 9.17) is 9.47 Å². The van der Waals surface area contributed by atoms with Gasteiger partial charge in [-0.2, -0.15) is 0 Å². The monoisotopic (exact) mass is 302 g/mol. The predicted molar refractivity (Wildman–Crippen MR) is 93.0 cm³/mol. The molecule has 1 aromatic rings. The maximum absolute atomic E-state index is 6.24. The van der Waals surface area contributed by atoms with Crippen LogP contribution in [0.5, 0.6) is 5.75 Å². The fourth-order valence-electron chi connectivity index (χ4n) is 2.91. The van der Waals surface area contributed by atoms with E-state index in [9.17, 15) is 0 Å². The van der Waals surface area contributed by atoms with E-state index in [0.29, 0.717) is 6.10 Å². The van der Waals surface area contributed by atoms with Crippen LogP contribution in [0.1, 0.15) is 70.8 Å². The van der Waals surface area contributed by atoms with Gasteiger partial charge in [-0.3, -0.25) is 0 Å². The van der Waals surface area contributed by atoms with Gasteiger partial charge in [0.1, 0.15) is 5.75 Å². The van der Waals surface area contributed by atoms with Crippen LogP contribution in [0.25, 0.3) is 5.57 Å². The van der Waals surface area contributed by atoms with Gasteiger partial charge in [-0.05, 0) is 43.9 Å². The molecule has 1 aromatic carbocycles. The zero-order valence-electron chi connectivity index (χ0n) is 14.1. The first-order valence-electron chi connectivity index (χ1n) is 8.77. The molecule has 122 valence electrons. The molecule has 0 aliphatic heterocycles. The highest BCUT2D eigenvalue weighted by Crippen LogP contribution is 2.25. The quantitative estimate of drug-likeness (QED) is 0.551. The Morgan fingerprint density at radius 1 is 1.18 bits per heavy atom. The van der Waals surface area contributed by atoms with E-state index in [1.165, 1.54) is 38.5 Å². The summed E-state index contributed by atoms with van der Waals surface area (Å²) in [6, 6.07) is 8.17. The molecule has 2 nitrogen and oxygen atoms in total. The molecule has 0 saturated heterocycles. The third-order valence-corrected chi connectivity index (χ3v) is 4.30. The van der Waals surface area contributed by atoms with Crippen molar-refractivity contribution in [2.24, 2.45) is 0 Å². The second kappa shape index (κ2) is 8.99. The second-order valence-electron chi connectivity index (χ2n) is 6.39. The molecule has 0 aromatic heterocycles. The van der Waals surface area contributed by atoms with Gasteiger partial charge in [0.2, 0.25) is 0 Å². The lowest BCUT2D eigenvalue weighted by molar-refractivity contribution is -0.132. The number of hydrogen-bond acceptors (Lipinski definition) is 2. The molecule has 1 unspecified atom stereocenters. The van der Waals surface area contributed by atoms with E-state index in [-0.39, 0.29) is 6.29 Å². The molecule has 1 aliphatic carbocycles. The SMILES string of the molecule is C=C(C)c1ccc(OC(CCCC)OC2CCCCC2)cc1. The topological polar surface area (TPSA) is 18.5 Å². The van der Waals surface area contributed by atoms with Crippen LogP contribution in [-0.2, 0) is 4.74 Å². The van der Waals surface area contributed by atoms with Gasteiger partial charge in [0, 0.05) is 6.42 Å². The molecule has 0 amide bonds. The van der Waals surface area contributed by atoms with E-state index in [1.807, 2.05) is 19.1 Å². The normalized spacial score (nSPS) is 17.2. The Hall–Kier alpha value is -1.28. The molecule has 2 heteroatoms. The minimum absolute atomic E-state index is 0.112. The molecule has 0 spiro atoms. The highest BCUT2D eigenvalue weighted by atomic mass is 16.7. The molecule has 0 radical (unpaired) electrons. The molecule has 1 fully saturated rings. The lowest BCUT2D eigenvalue weighted by Gasteiger charge is -2.28. The predicted octanol–water partition coefficient (Wildman–Crippen LogP) is 5.96. The van der Waals surface area contributed by atoms with Crippen LogP contribution in [0.3, 0.4) is 0 Å². The summed E-state index contributed by atoms with van der Waals surface area (Å²) in [6.45, 7) is 8.20. The van der Waals surface area contributed by atoms with Crippen molar-refractivity contribution in [3.63, 3.8) is 0 Å². The van der Waals surface area contributed by atoms with Gasteiger partial charge in [-0.25, -0.2) is 0 Å². The van der Waals surface area contributed by atoms with Crippen molar-refractivity contribution in [1.29, 1.82) is 0 Å². The van der Waals surface area contributed by atoms with Crippen LogP contribution in [0.2, 0.25) is 0 Å². The van der Waals surface area contributed by atoms with Crippen molar-refractivity contribution in [3.05, 3.63) is 36.4 Å². The lowest BCUT2D eigenvalue weighted by atomic mass is 9.98. The van der Waals surface area contributed by atoms with Gasteiger partial charge in [0.15, 0.2) is 6.29 Å². The van der Waals surface area contributed by atoms with E-state index in [0.717, 1.165) is 29.7 Å². The van der Waals surface area contributed by atoms with Crippen LogP contribution >= 0.6 is 0 Å². The van der Waals surface area contributed by atoms with E-state index in [1.54, 1.807) is 0 Å². The maximum atomic E-state index is 6.24. The van der Waals surface area contributed by atoms with Gasteiger partial charge in [-0.15, -0.1) is 0 Å². The minimum Gasteiger partial charge on any atom is -0.465 e. The molecular formula is C20H30O2. The summed E-state index contributed by atoms with van der Waals surface area (Å²) in [5.74, 6) is 0.891. The zero-order valence-corrected chi connectivity index (χ0v) is 14.1. The molecule has 0 N–H and O–H groups in total. The molecule has 0 bridgehead atoms. The number of ether oxygens (including phenoxy) is 2. The largest absolute Gasteiger partial charge is 0.465 e. The first kappa shape index (κ1) is 17.1. The molecule has 1 atom stereocenters. The Labute approximate surface area is 135 Å². The smallest absolute Gasteiger partial charge is 0.200 e. The first-order chi connectivity index (χ1) is 10.7. The summed E-state index contributed by atoms with van der Waals surface area (Å²) in [7, 11) is 0. The molecule has 1 aliphatic rings. The molecule has 2 rings (SSSR count). The van der Waals surface area contributed by atoms with Crippen LogP contribution in [0, 0.1) is 0 Å².